The highest BCUT2D eigenvalue weighted by atomic mass is 19.3. The van der Waals surface area contributed by atoms with Gasteiger partial charge in [0.15, 0.2) is 0 Å². The second kappa shape index (κ2) is 9.32. The zero-order valence-electron chi connectivity index (χ0n) is 18.8. The Labute approximate surface area is 195 Å². The molecule has 2 amide bonds. The Morgan fingerprint density at radius 1 is 1.18 bits per heavy atom. The van der Waals surface area contributed by atoms with Crippen molar-refractivity contribution in [2.45, 2.75) is 51.2 Å². The third kappa shape index (κ3) is 4.98. The van der Waals surface area contributed by atoms with E-state index in [0.717, 1.165) is 5.56 Å². The van der Waals surface area contributed by atoms with Gasteiger partial charge in [-0.2, -0.15) is 0 Å². The monoisotopic (exact) mass is 470 g/mol. The van der Waals surface area contributed by atoms with Crippen LogP contribution >= 0.6 is 0 Å². The van der Waals surface area contributed by atoms with Gasteiger partial charge in [0.05, 0.1) is 0 Å². The highest BCUT2D eigenvalue weighted by Crippen LogP contribution is 2.38. The first-order valence-electron chi connectivity index (χ1n) is 10.9. The minimum atomic E-state index is -2.81. The Kier molecular flexibility index (Phi) is 6.45. The van der Waals surface area contributed by atoms with Crippen LogP contribution in [0.5, 0.6) is 0 Å². The number of carbonyl (C=O) groups excluding carboxylic acids is 2. The molecule has 0 aliphatic heterocycles. The van der Waals surface area contributed by atoms with Crippen LogP contribution in [0.3, 0.4) is 0 Å². The van der Waals surface area contributed by atoms with E-state index in [-0.39, 0.29) is 12.2 Å². The highest BCUT2D eigenvalue weighted by Gasteiger charge is 2.47. The van der Waals surface area contributed by atoms with Crippen molar-refractivity contribution >= 4 is 17.5 Å². The van der Waals surface area contributed by atoms with Crippen LogP contribution < -0.4 is 10.2 Å². The van der Waals surface area contributed by atoms with Gasteiger partial charge in [0.2, 0.25) is 11.8 Å². The molecule has 0 spiro atoms. The topological polar surface area (TPSA) is 67.2 Å². The molecule has 34 heavy (non-hydrogen) atoms. The summed E-state index contributed by atoms with van der Waals surface area (Å²) in [6.45, 7) is 3.39. The number of amides is 2. The fraction of sp³-hybridized carbons (Fsp3) is 0.320. The molecule has 1 aliphatic rings. The van der Waals surface area contributed by atoms with Crippen LogP contribution in [0.15, 0.2) is 60.9 Å². The van der Waals surface area contributed by atoms with Crippen LogP contribution in [-0.4, -0.2) is 33.3 Å². The lowest BCUT2D eigenvalue weighted by Gasteiger charge is -2.38. The van der Waals surface area contributed by atoms with Crippen LogP contribution in [0.25, 0.3) is 0 Å². The van der Waals surface area contributed by atoms with Crippen LogP contribution in [0.2, 0.25) is 0 Å². The molecule has 4 rings (SSSR count). The van der Waals surface area contributed by atoms with E-state index in [9.17, 15) is 22.8 Å². The van der Waals surface area contributed by atoms with Gasteiger partial charge in [0.25, 0.3) is 5.92 Å². The van der Waals surface area contributed by atoms with Crippen molar-refractivity contribution in [3.63, 3.8) is 0 Å². The molecule has 1 N–H and O–H groups in total. The van der Waals surface area contributed by atoms with Gasteiger partial charge < -0.3 is 9.88 Å². The number of carbonyl (C=O) groups is 2. The van der Waals surface area contributed by atoms with E-state index in [0.29, 0.717) is 11.4 Å². The Bertz CT molecular complexity index is 1200. The fourth-order valence-corrected chi connectivity index (χ4v) is 4.19. The molecule has 1 saturated carbocycles. The van der Waals surface area contributed by atoms with Crippen LogP contribution in [-0.2, 0) is 16.1 Å². The van der Waals surface area contributed by atoms with Crippen molar-refractivity contribution in [3.05, 3.63) is 83.7 Å². The van der Waals surface area contributed by atoms with Gasteiger partial charge in [-0.3, -0.25) is 14.5 Å². The molecule has 9 heteroatoms. The van der Waals surface area contributed by atoms with E-state index in [2.05, 4.69) is 10.3 Å². The van der Waals surface area contributed by atoms with Gasteiger partial charge in [-0.15, -0.1) is 0 Å². The summed E-state index contributed by atoms with van der Waals surface area (Å²) >= 11 is 0. The lowest BCUT2D eigenvalue weighted by Crippen LogP contribution is -2.54. The summed E-state index contributed by atoms with van der Waals surface area (Å²) in [6.07, 6.45) is 2.27. The van der Waals surface area contributed by atoms with Crippen molar-refractivity contribution in [1.82, 2.24) is 14.9 Å². The second-order valence-electron chi connectivity index (χ2n) is 8.57. The van der Waals surface area contributed by atoms with E-state index in [1.54, 1.807) is 55.1 Å². The van der Waals surface area contributed by atoms with E-state index in [1.165, 1.54) is 29.2 Å². The molecule has 1 heterocycles. The number of nitrogens with one attached hydrogen (secondary N) is 1. The van der Waals surface area contributed by atoms with Crippen molar-refractivity contribution in [2.75, 3.05) is 4.90 Å². The number of aromatic nitrogens is 2. The number of anilines is 1. The quantitative estimate of drug-likeness (QED) is 0.559. The predicted octanol–water partition coefficient (Wildman–Crippen LogP) is 4.33. The van der Waals surface area contributed by atoms with E-state index in [4.69, 9.17) is 0 Å². The maximum atomic E-state index is 14.2. The number of nitrogens with zero attached hydrogens (tertiary/aromatic N) is 3. The maximum absolute atomic E-state index is 14.2. The Hall–Kier alpha value is -3.62. The number of hydrogen-bond donors (Lipinski definition) is 1. The first kappa shape index (κ1) is 23.5. The molecule has 0 bridgehead atoms. The summed E-state index contributed by atoms with van der Waals surface area (Å²) in [5.74, 6) is -3.87. The summed E-state index contributed by atoms with van der Waals surface area (Å²) in [5.41, 5.74) is 1.44. The number of halogens is 3. The maximum Gasteiger partial charge on any atom is 0.252 e. The molecule has 0 radical (unpaired) electrons. The van der Waals surface area contributed by atoms with Gasteiger partial charge in [-0.25, -0.2) is 18.2 Å². The molecule has 178 valence electrons. The van der Waals surface area contributed by atoms with Gasteiger partial charge in [0, 0.05) is 37.0 Å². The minimum Gasteiger partial charge on any atom is -0.351 e. The number of hydrogen-bond acceptors (Lipinski definition) is 3. The summed E-state index contributed by atoms with van der Waals surface area (Å²) in [6, 6.07) is 10.5. The predicted molar refractivity (Wildman–Crippen MR) is 121 cm³/mol. The largest absolute Gasteiger partial charge is 0.351 e. The molecule has 1 atom stereocenters. The average Bonchev–Trinajstić information content (AvgIpc) is 3.15. The summed E-state index contributed by atoms with van der Waals surface area (Å²) < 4.78 is 42.6. The molecule has 2 aromatic carbocycles. The number of imidazole rings is 1. The summed E-state index contributed by atoms with van der Waals surface area (Å²) in [5, 5.41) is 2.66. The minimum absolute atomic E-state index is 0.139. The first-order valence-corrected chi connectivity index (χ1v) is 10.9. The molecule has 1 fully saturated rings. The molecule has 1 unspecified atom stereocenters. The second-order valence-corrected chi connectivity index (χ2v) is 8.57. The van der Waals surface area contributed by atoms with E-state index < -0.39 is 48.5 Å². The van der Waals surface area contributed by atoms with Crippen LogP contribution in [0.4, 0.5) is 18.9 Å². The lowest BCUT2D eigenvalue weighted by atomic mass is 9.87. The van der Waals surface area contributed by atoms with Gasteiger partial charge >= 0.3 is 0 Å². The fourth-order valence-electron chi connectivity index (χ4n) is 4.19. The van der Waals surface area contributed by atoms with E-state index in [1.807, 2.05) is 0 Å². The van der Waals surface area contributed by atoms with Crippen LogP contribution in [0.1, 0.15) is 35.8 Å². The Balaban J connectivity index is 1.76. The average molecular weight is 470 g/mol. The number of alkyl halides is 2. The van der Waals surface area contributed by atoms with Gasteiger partial charge in [0.1, 0.15) is 24.2 Å². The molecular weight excluding hydrogens is 445 g/mol. The van der Waals surface area contributed by atoms with Gasteiger partial charge in [-0.05, 0) is 43.2 Å². The standard InChI is InChI=1S/C25H25F3N4O2/c1-16-6-3-4-9-21(16)23(24(34)30-19-13-25(27,28)14-19)32(20-8-5-7-18(26)12-20)22(33)15-31-11-10-29-17(31)2/h3-12,19,23H,13-15H2,1-2H3,(H,30,34). The zero-order chi connectivity index (χ0) is 24.5. The Morgan fingerprint density at radius 3 is 2.53 bits per heavy atom. The summed E-state index contributed by atoms with van der Waals surface area (Å²) in [7, 11) is 0. The van der Waals surface area contributed by atoms with Crippen molar-refractivity contribution in [1.29, 1.82) is 0 Å². The molecule has 6 nitrogen and oxygen atoms in total. The molecule has 3 aromatic rings. The van der Waals surface area contributed by atoms with Gasteiger partial charge in [-0.1, -0.05) is 30.3 Å². The highest BCUT2D eigenvalue weighted by molar-refractivity contribution is 6.01. The number of benzene rings is 2. The van der Waals surface area contributed by atoms with Crippen molar-refractivity contribution in [3.8, 4) is 0 Å². The number of rotatable bonds is 7. The third-order valence-corrected chi connectivity index (χ3v) is 6.01. The number of aryl methyl sites for hydroxylation is 2. The van der Waals surface area contributed by atoms with Crippen molar-refractivity contribution in [2.24, 2.45) is 0 Å². The molecule has 0 saturated heterocycles. The summed E-state index contributed by atoms with van der Waals surface area (Å²) in [4.78, 5) is 32.5. The first-order chi connectivity index (χ1) is 16.1. The zero-order valence-corrected chi connectivity index (χ0v) is 18.8. The van der Waals surface area contributed by atoms with E-state index >= 15 is 0 Å². The molecule has 1 aliphatic carbocycles. The lowest BCUT2D eigenvalue weighted by molar-refractivity contribution is -0.132. The third-order valence-electron chi connectivity index (χ3n) is 6.01. The SMILES string of the molecule is Cc1ccccc1C(C(=O)NC1CC(F)(F)C1)N(C(=O)Cn1ccnc1C)c1cccc(F)c1. The Morgan fingerprint density at radius 2 is 1.91 bits per heavy atom. The molecular formula is C25H25F3N4O2. The van der Waals surface area contributed by atoms with Crippen LogP contribution in [0, 0.1) is 19.7 Å². The normalized spacial score (nSPS) is 15.9. The van der Waals surface area contributed by atoms with Crippen molar-refractivity contribution < 1.29 is 22.8 Å². The smallest absolute Gasteiger partial charge is 0.252 e. The molecule has 1 aromatic heterocycles.